The van der Waals surface area contributed by atoms with E-state index in [1.54, 1.807) is 18.2 Å². The van der Waals surface area contributed by atoms with E-state index in [2.05, 4.69) is 0 Å². The van der Waals surface area contributed by atoms with Crippen LogP contribution in [0.25, 0.3) is 0 Å². The monoisotopic (exact) mass is 199 g/mol. The van der Waals surface area contributed by atoms with Gasteiger partial charge in [-0.05, 0) is 12.1 Å². The van der Waals surface area contributed by atoms with Gasteiger partial charge in [0, 0.05) is 0 Å². The zero-order valence-electron chi connectivity index (χ0n) is 6.80. The first-order valence-corrected chi connectivity index (χ1v) is 5.24. The number of hydrogen-bond donors (Lipinski definition) is 1. The first-order valence-electron chi connectivity index (χ1n) is 3.58. The minimum absolute atomic E-state index is 0.119. The number of hydrogen-bond acceptors (Lipinski definition) is 3. The van der Waals surface area contributed by atoms with Crippen molar-refractivity contribution in [3.05, 3.63) is 30.3 Å². The zero-order valence-corrected chi connectivity index (χ0v) is 7.62. The summed E-state index contributed by atoms with van der Waals surface area (Å²) in [6.07, 6.45) is 0. The van der Waals surface area contributed by atoms with E-state index >= 15 is 0 Å². The number of primary amides is 1. The van der Waals surface area contributed by atoms with Crippen molar-refractivity contribution in [1.82, 2.24) is 0 Å². The SMILES string of the molecule is NC(=O)CS(=O)(=O)c1ccccc1. The van der Waals surface area contributed by atoms with E-state index < -0.39 is 21.5 Å². The summed E-state index contributed by atoms with van der Waals surface area (Å²) >= 11 is 0. The molecule has 0 radical (unpaired) electrons. The summed E-state index contributed by atoms with van der Waals surface area (Å²) in [4.78, 5) is 10.6. The van der Waals surface area contributed by atoms with Gasteiger partial charge in [-0.2, -0.15) is 0 Å². The molecule has 0 bridgehead atoms. The average Bonchev–Trinajstić information content (AvgIpc) is 2.04. The molecule has 0 aliphatic carbocycles. The largest absolute Gasteiger partial charge is 0.369 e. The lowest BCUT2D eigenvalue weighted by molar-refractivity contribution is -0.115. The van der Waals surface area contributed by atoms with Crippen LogP contribution in [0.2, 0.25) is 0 Å². The quantitative estimate of drug-likeness (QED) is 0.741. The molecular weight excluding hydrogens is 190 g/mol. The molecule has 0 saturated heterocycles. The molecule has 1 rings (SSSR count). The van der Waals surface area contributed by atoms with E-state index in [9.17, 15) is 13.2 Å². The van der Waals surface area contributed by atoms with Crippen LogP contribution < -0.4 is 5.73 Å². The van der Waals surface area contributed by atoms with Crippen LogP contribution in [-0.4, -0.2) is 20.1 Å². The molecule has 0 spiro atoms. The van der Waals surface area contributed by atoms with Crippen LogP contribution in [0.15, 0.2) is 35.2 Å². The smallest absolute Gasteiger partial charge is 0.233 e. The molecule has 0 heterocycles. The molecule has 0 atom stereocenters. The molecule has 13 heavy (non-hydrogen) atoms. The Morgan fingerprint density at radius 2 is 1.77 bits per heavy atom. The van der Waals surface area contributed by atoms with Gasteiger partial charge in [0.15, 0.2) is 9.84 Å². The van der Waals surface area contributed by atoms with Gasteiger partial charge in [0.25, 0.3) is 0 Å². The third-order valence-electron chi connectivity index (χ3n) is 1.43. The van der Waals surface area contributed by atoms with Crippen molar-refractivity contribution >= 4 is 15.7 Å². The molecule has 0 saturated carbocycles. The number of carbonyl (C=O) groups excluding carboxylic acids is 1. The number of carbonyl (C=O) groups is 1. The first kappa shape index (κ1) is 9.73. The Balaban J connectivity index is 3.02. The summed E-state index contributed by atoms with van der Waals surface area (Å²) in [6, 6.07) is 7.74. The van der Waals surface area contributed by atoms with Crippen molar-refractivity contribution in [2.75, 3.05) is 5.75 Å². The summed E-state index contributed by atoms with van der Waals surface area (Å²) in [5.74, 6) is -1.49. The Morgan fingerprint density at radius 3 is 2.23 bits per heavy atom. The van der Waals surface area contributed by atoms with Gasteiger partial charge in [-0.3, -0.25) is 4.79 Å². The normalized spacial score (nSPS) is 11.1. The molecule has 5 heteroatoms. The molecule has 0 aromatic heterocycles. The number of amides is 1. The average molecular weight is 199 g/mol. The lowest BCUT2D eigenvalue weighted by atomic mass is 10.4. The molecule has 70 valence electrons. The lowest BCUT2D eigenvalue weighted by Gasteiger charge is -1.99. The van der Waals surface area contributed by atoms with Crippen LogP contribution in [0.1, 0.15) is 0 Å². The van der Waals surface area contributed by atoms with Crippen molar-refractivity contribution < 1.29 is 13.2 Å². The Bertz CT molecular complexity index is 397. The van der Waals surface area contributed by atoms with Crippen molar-refractivity contribution in [3.63, 3.8) is 0 Å². The molecule has 1 amide bonds. The second-order valence-electron chi connectivity index (χ2n) is 2.54. The lowest BCUT2D eigenvalue weighted by Crippen LogP contribution is -2.23. The van der Waals surface area contributed by atoms with E-state index in [0.29, 0.717) is 0 Å². The van der Waals surface area contributed by atoms with Gasteiger partial charge in [0.05, 0.1) is 4.90 Å². The van der Waals surface area contributed by atoms with E-state index in [-0.39, 0.29) is 4.90 Å². The molecule has 0 fully saturated rings. The predicted molar refractivity (Wildman–Crippen MR) is 47.7 cm³/mol. The highest BCUT2D eigenvalue weighted by atomic mass is 32.2. The summed E-state index contributed by atoms with van der Waals surface area (Å²) in [6.45, 7) is 0. The Hall–Kier alpha value is -1.36. The Kier molecular flexibility index (Phi) is 2.67. The summed E-state index contributed by atoms with van der Waals surface area (Å²) < 4.78 is 22.7. The van der Waals surface area contributed by atoms with Gasteiger partial charge in [-0.25, -0.2) is 8.42 Å². The number of nitrogens with two attached hydrogens (primary N) is 1. The van der Waals surface area contributed by atoms with Crippen molar-refractivity contribution in [3.8, 4) is 0 Å². The fourth-order valence-electron chi connectivity index (χ4n) is 0.898. The maximum Gasteiger partial charge on any atom is 0.233 e. The van der Waals surface area contributed by atoms with Gasteiger partial charge < -0.3 is 5.73 Å². The van der Waals surface area contributed by atoms with Crippen LogP contribution in [-0.2, 0) is 14.6 Å². The van der Waals surface area contributed by atoms with Crippen LogP contribution in [0.4, 0.5) is 0 Å². The molecule has 0 unspecified atom stereocenters. The van der Waals surface area contributed by atoms with E-state index in [0.717, 1.165) is 0 Å². The van der Waals surface area contributed by atoms with Crippen LogP contribution in [0, 0.1) is 0 Å². The van der Waals surface area contributed by atoms with Gasteiger partial charge >= 0.3 is 0 Å². The molecular formula is C8H9NO3S. The second kappa shape index (κ2) is 3.57. The highest BCUT2D eigenvalue weighted by molar-refractivity contribution is 7.92. The van der Waals surface area contributed by atoms with E-state index in [4.69, 9.17) is 5.73 Å². The van der Waals surface area contributed by atoms with Crippen molar-refractivity contribution in [2.45, 2.75) is 4.90 Å². The summed E-state index contributed by atoms with van der Waals surface area (Å²) in [7, 11) is -3.53. The second-order valence-corrected chi connectivity index (χ2v) is 4.53. The first-order chi connectivity index (χ1) is 6.02. The third kappa shape index (κ3) is 2.55. The molecule has 1 aromatic carbocycles. The summed E-state index contributed by atoms with van der Waals surface area (Å²) in [5, 5.41) is 0. The zero-order chi connectivity index (χ0) is 9.90. The van der Waals surface area contributed by atoms with Crippen molar-refractivity contribution in [1.29, 1.82) is 0 Å². The topological polar surface area (TPSA) is 77.2 Å². The fourth-order valence-corrected chi connectivity index (χ4v) is 2.01. The Labute approximate surface area is 76.3 Å². The molecule has 4 nitrogen and oxygen atoms in total. The van der Waals surface area contributed by atoms with Crippen LogP contribution in [0.3, 0.4) is 0 Å². The molecule has 2 N–H and O–H groups in total. The number of rotatable bonds is 3. The van der Waals surface area contributed by atoms with Gasteiger partial charge in [0.2, 0.25) is 5.91 Å². The van der Waals surface area contributed by atoms with Crippen molar-refractivity contribution in [2.24, 2.45) is 5.73 Å². The van der Waals surface area contributed by atoms with Gasteiger partial charge in [-0.1, -0.05) is 18.2 Å². The van der Waals surface area contributed by atoms with Gasteiger partial charge in [0.1, 0.15) is 5.75 Å². The minimum atomic E-state index is -3.53. The van der Waals surface area contributed by atoms with E-state index in [1.165, 1.54) is 12.1 Å². The fraction of sp³-hybridized carbons (Fsp3) is 0.125. The highest BCUT2D eigenvalue weighted by Crippen LogP contribution is 2.08. The Morgan fingerprint density at radius 1 is 1.23 bits per heavy atom. The molecule has 1 aromatic rings. The number of sulfone groups is 1. The minimum Gasteiger partial charge on any atom is -0.369 e. The maximum atomic E-state index is 11.3. The predicted octanol–water partition coefficient (Wildman–Crippen LogP) is -0.0544. The standard InChI is InChI=1S/C8H9NO3S/c9-8(10)6-13(11,12)7-4-2-1-3-5-7/h1-5H,6H2,(H2,9,10). The number of benzene rings is 1. The van der Waals surface area contributed by atoms with Gasteiger partial charge in [-0.15, -0.1) is 0 Å². The van der Waals surface area contributed by atoms with Crippen LogP contribution in [0.5, 0.6) is 0 Å². The summed E-state index contributed by atoms with van der Waals surface area (Å²) in [5.41, 5.74) is 4.80. The van der Waals surface area contributed by atoms with Crippen LogP contribution >= 0.6 is 0 Å². The third-order valence-corrected chi connectivity index (χ3v) is 3.09. The highest BCUT2D eigenvalue weighted by Gasteiger charge is 2.16. The molecule has 0 aliphatic rings. The maximum absolute atomic E-state index is 11.3. The van der Waals surface area contributed by atoms with E-state index in [1.807, 2.05) is 0 Å². The molecule has 0 aliphatic heterocycles.